The predicted molar refractivity (Wildman–Crippen MR) is 94.2 cm³/mol. The van der Waals surface area contributed by atoms with Gasteiger partial charge in [-0.2, -0.15) is 13.2 Å². The number of nitrogens with zero attached hydrogens (tertiary/aromatic N) is 1. The summed E-state index contributed by atoms with van der Waals surface area (Å²) < 4.78 is 65.6. The van der Waals surface area contributed by atoms with Crippen LogP contribution in [0.15, 0.2) is 47.5 Å². The zero-order valence-electron chi connectivity index (χ0n) is 14.1. The maximum Gasteiger partial charge on any atom is 0.433 e. The van der Waals surface area contributed by atoms with E-state index < -0.39 is 46.1 Å². The first-order chi connectivity index (χ1) is 13.0. The van der Waals surface area contributed by atoms with E-state index in [0.29, 0.717) is 5.02 Å². The van der Waals surface area contributed by atoms with E-state index in [-0.39, 0.29) is 16.9 Å². The Morgan fingerprint density at radius 3 is 2.29 bits per heavy atom. The molecule has 11 heteroatoms. The Hall–Kier alpha value is -1.72. The minimum atomic E-state index is -4.61. The van der Waals surface area contributed by atoms with Crippen molar-refractivity contribution >= 4 is 21.6 Å². The molecule has 0 spiro atoms. The van der Waals surface area contributed by atoms with Gasteiger partial charge >= 0.3 is 6.18 Å². The molecule has 0 saturated heterocycles. The smallest absolute Gasteiger partial charge is 0.390 e. The zero-order valence-corrected chi connectivity index (χ0v) is 15.7. The van der Waals surface area contributed by atoms with Gasteiger partial charge in [-0.05, 0) is 42.3 Å². The summed E-state index contributed by atoms with van der Waals surface area (Å²) in [7, 11) is -4.07. The van der Waals surface area contributed by atoms with Crippen LogP contribution >= 0.6 is 11.6 Å². The number of aliphatic hydroxyl groups is 2. The molecule has 1 fully saturated rings. The van der Waals surface area contributed by atoms with Crippen LogP contribution in [0.4, 0.5) is 13.2 Å². The minimum absolute atomic E-state index is 0.0397. The Morgan fingerprint density at radius 1 is 1.11 bits per heavy atom. The summed E-state index contributed by atoms with van der Waals surface area (Å²) in [4.78, 5) is 3.26. The molecule has 1 saturated carbocycles. The second-order valence-corrected chi connectivity index (χ2v) is 8.63. The van der Waals surface area contributed by atoms with Crippen LogP contribution in [-0.2, 0) is 16.2 Å². The van der Waals surface area contributed by atoms with Crippen molar-refractivity contribution in [3.63, 3.8) is 0 Å². The largest absolute Gasteiger partial charge is 0.433 e. The molecule has 0 bridgehead atoms. The third kappa shape index (κ3) is 4.31. The highest BCUT2D eigenvalue weighted by molar-refractivity contribution is 7.89. The van der Waals surface area contributed by atoms with Gasteiger partial charge in [0.05, 0.1) is 23.1 Å². The summed E-state index contributed by atoms with van der Waals surface area (Å²) in [5.41, 5.74) is -0.818. The number of rotatable bonds is 4. The van der Waals surface area contributed by atoms with Crippen molar-refractivity contribution in [3.05, 3.63) is 58.9 Å². The van der Waals surface area contributed by atoms with Crippen molar-refractivity contribution in [1.29, 1.82) is 0 Å². The van der Waals surface area contributed by atoms with Gasteiger partial charge in [0, 0.05) is 17.1 Å². The normalized spacial score (nSPS) is 25.8. The highest BCUT2D eigenvalue weighted by Crippen LogP contribution is 2.37. The number of benzene rings is 1. The highest BCUT2D eigenvalue weighted by Gasteiger charge is 2.44. The molecular formula is C17H16ClF3N2O4S. The molecule has 1 aromatic carbocycles. The van der Waals surface area contributed by atoms with Gasteiger partial charge in [-0.1, -0.05) is 17.7 Å². The van der Waals surface area contributed by atoms with Crippen molar-refractivity contribution in [1.82, 2.24) is 9.71 Å². The third-order valence-electron chi connectivity index (χ3n) is 4.61. The van der Waals surface area contributed by atoms with E-state index in [0.717, 1.165) is 18.3 Å². The fraction of sp³-hybridized carbons (Fsp3) is 0.353. The van der Waals surface area contributed by atoms with Crippen LogP contribution in [0.1, 0.15) is 23.6 Å². The number of alkyl halides is 3. The third-order valence-corrected chi connectivity index (χ3v) is 6.34. The first-order valence-electron chi connectivity index (χ1n) is 8.16. The van der Waals surface area contributed by atoms with E-state index >= 15 is 0 Å². The number of pyridine rings is 1. The predicted octanol–water partition coefficient (Wildman–Crippen LogP) is 2.31. The Balaban J connectivity index is 1.88. The van der Waals surface area contributed by atoms with Gasteiger partial charge in [-0.3, -0.25) is 4.98 Å². The Morgan fingerprint density at radius 2 is 1.75 bits per heavy atom. The van der Waals surface area contributed by atoms with Crippen LogP contribution in [0.2, 0.25) is 5.02 Å². The summed E-state index contributed by atoms with van der Waals surface area (Å²) >= 11 is 5.75. The number of nitrogens with one attached hydrogen (secondary N) is 1. The van der Waals surface area contributed by atoms with Gasteiger partial charge in [0.25, 0.3) is 0 Å². The number of hydrogen-bond acceptors (Lipinski definition) is 5. The van der Waals surface area contributed by atoms with E-state index in [9.17, 15) is 31.8 Å². The van der Waals surface area contributed by atoms with E-state index in [1.165, 1.54) is 24.3 Å². The molecule has 1 aliphatic carbocycles. The van der Waals surface area contributed by atoms with Crippen LogP contribution in [0, 0.1) is 0 Å². The van der Waals surface area contributed by atoms with Crippen molar-refractivity contribution in [3.8, 4) is 0 Å². The molecular weight excluding hydrogens is 421 g/mol. The van der Waals surface area contributed by atoms with Gasteiger partial charge in [-0.15, -0.1) is 0 Å². The lowest BCUT2D eigenvalue weighted by Crippen LogP contribution is -2.45. The van der Waals surface area contributed by atoms with Gasteiger partial charge in [0.2, 0.25) is 10.0 Å². The van der Waals surface area contributed by atoms with Crippen LogP contribution < -0.4 is 4.72 Å². The van der Waals surface area contributed by atoms with Crippen molar-refractivity contribution in [2.24, 2.45) is 0 Å². The maximum absolute atomic E-state index is 12.7. The average molecular weight is 437 g/mol. The van der Waals surface area contributed by atoms with E-state index in [1.54, 1.807) is 0 Å². The molecule has 2 aromatic rings. The van der Waals surface area contributed by atoms with Crippen molar-refractivity contribution < 1.29 is 31.8 Å². The standard InChI is InChI=1S/C17H16ClF3N2O4S/c18-10-2-4-11(5-3-10)28(26,27)23-15-12(7-13(24)16(15)25)9-1-6-14(22-8-9)17(19,20)21/h1-6,8,12-13,15-16,23-25H,7H2. The zero-order chi connectivity index (χ0) is 20.7. The van der Waals surface area contributed by atoms with E-state index in [1.807, 2.05) is 0 Å². The lowest BCUT2D eigenvalue weighted by Gasteiger charge is -2.23. The van der Waals surface area contributed by atoms with Gasteiger partial charge in [-0.25, -0.2) is 13.1 Å². The van der Waals surface area contributed by atoms with Gasteiger partial charge in [0.15, 0.2) is 0 Å². The van der Waals surface area contributed by atoms with Crippen LogP contribution in [0.5, 0.6) is 0 Å². The molecule has 1 heterocycles. The number of halogens is 4. The Kier molecular flexibility index (Phi) is 5.70. The Bertz CT molecular complexity index is 936. The van der Waals surface area contributed by atoms with Crippen molar-refractivity contribution in [2.75, 3.05) is 0 Å². The second kappa shape index (κ2) is 7.60. The topological polar surface area (TPSA) is 99.5 Å². The molecule has 0 aliphatic heterocycles. The first-order valence-corrected chi connectivity index (χ1v) is 10.0. The molecule has 3 rings (SSSR count). The lowest BCUT2D eigenvalue weighted by atomic mass is 9.95. The summed E-state index contributed by atoms with van der Waals surface area (Å²) in [6.45, 7) is 0. The number of aliphatic hydroxyl groups excluding tert-OH is 2. The molecule has 152 valence electrons. The maximum atomic E-state index is 12.7. The lowest BCUT2D eigenvalue weighted by molar-refractivity contribution is -0.141. The molecule has 1 aliphatic rings. The molecule has 4 atom stereocenters. The fourth-order valence-corrected chi connectivity index (χ4v) is 4.59. The van der Waals surface area contributed by atoms with Crippen LogP contribution in [-0.4, -0.2) is 41.9 Å². The first kappa shape index (κ1) is 21.0. The molecule has 4 unspecified atom stereocenters. The van der Waals surface area contributed by atoms with Crippen LogP contribution in [0.25, 0.3) is 0 Å². The Labute approximate surface area is 164 Å². The summed E-state index contributed by atoms with van der Waals surface area (Å²) in [5, 5.41) is 20.6. The quantitative estimate of drug-likeness (QED) is 0.683. The van der Waals surface area contributed by atoms with Gasteiger partial charge < -0.3 is 10.2 Å². The molecule has 0 radical (unpaired) electrons. The summed E-state index contributed by atoms with van der Waals surface area (Å²) in [6.07, 6.45) is -6.35. The van der Waals surface area contributed by atoms with Crippen LogP contribution in [0.3, 0.4) is 0 Å². The number of aromatic nitrogens is 1. The SMILES string of the molecule is O=S(=O)(NC1C(c2ccc(C(F)(F)F)nc2)CC(O)C1O)c1ccc(Cl)cc1. The minimum Gasteiger partial charge on any atom is -0.390 e. The summed E-state index contributed by atoms with van der Waals surface area (Å²) in [5.74, 6) is -0.762. The van der Waals surface area contributed by atoms with Gasteiger partial charge in [0.1, 0.15) is 5.69 Å². The van der Waals surface area contributed by atoms with E-state index in [2.05, 4.69) is 9.71 Å². The fourth-order valence-electron chi connectivity index (χ4n) is 3.17. The number of hydrogen-bond donors (Lipinski definition) is 3. The average Bonchev–Trinajstić information content (AvgIpc) is 2.89. The highest BCUT2D eigenvalue weighted by atomic mass is 35.5. The molecule has 28 heavy (non-hydrogen) atoms. The van der Waals surface area contributed by atoms with Crippen molar-refractivity contribution in [2.45, 2.75) is 41.7 Å². The second-order valence-electron chi connectivity index (χ2n) is 6.48. The number of sulfonamides is 1. The molecule has 6 nitrogen and oxygen atoms in total. The molecule has 0 amide bonds. The molecule has 3 N–H and O–H groups in total. The summed E-state index contributed by atoms with van der Waals surface area (Å²) in [6, 6.07) is 6.11. The van der Waals surface area contributed by atoms with E-state index in [4.69, 9.17) is 11.6 Å². The monoisotopic (exact) mass is 436 g/mol. The molecule has 1 aromatic heterocycles.